The van der Waals surface area contributed by atoms with Crippen LogP contribution in [0.3, 0.4) is 0 Å². The molecular formula is C21H22N2O2. The Bertz CT molecular complexity index is 763. The smallest absolute Gasteiger partial charge is 0.251 e. The largest absolute Gasteiger partial charge is 0.465 e. The number of furan rings is 1. The van der Waals surface area contributed by atoms with E-state index >= 15 is 0 Å². The first kappa shape index (κ1) is 18.1. The Balaban J connectivity index is 0.000000269. The van der Waals surface area contributed by atoms with Gasteiger partial charge in [-0.25, -0.2) is 0 Å². The molecule has 0 unspecified atom stereocenters. The summed E-state index contributed by atoms with van der Waals surface area (Å²) >= 11 is 0. The van der Waals surface area contributed by atoms with Gasteiger partial charge in [-0.1, -0.05) is 36.9 Å². The minimum Gasteiger partial charge on any atom is -0.465 e. The lowest BCUT2D eigenvalue weighted by atomic mass is 10.2. The second-order valence-electron chi connectivity index (χ2n) is 5.22. The van der Waals surface area contributed by atoms with Crippen molar-refractivity contribution < 1.29 is 9.21 Å². The summed E-state index contributed by atoms with van der Waals surface area (Å²) in [4.78, 5) is 11.4. The molecule has 3 aromatic rings. The van der Waals surface area contributed by atoms with Gasteiger partial charge < -0.3 is 15.1 Å². The van der Waals surface area contributed by atoms with Crippen molar-refractivity contribution in [3.05, 3.63) is 96.5 Å². The molecule has 0 fully saturated rings. The van der Waals surface area contributed by atoms with Crippen molar-refractivity contribution in [2.45, 2.75) is 6.54 Å². The highest BCUT2D eigenvalue weighted by Gasteiger charge is 2.01. The van der Waals surface area contributed by atoms with Crippen molar-refractivity contribution in [2.75, 3.05) is 12.4 Å². The standard InChI is InChI=1S/C15H16N2O.C6H6O/c1-16-15(18)13-7-9-14(10-8-13)17-11-12-5-3-2-4-6-12;1-2-6-4-3-5-7-6/h2-10,17H,11H2,1H3,(H,16,18);2-5H,1H2. The molecule has 0 bridgehead atoms. The van der Waals surface area contributed by atoms with E-state index in [0.29, 0.717) is 5.56 Å². The summed E-state index contributed by atoms with van der Waals surface area (Å²) in [5, 5.41) is 5.91. The van der Waals surface area contributed by atoms with Crippen LogP contribution in [-0.2, 0) is 6.54 Å². The van der Waals surface area contributed by atoms with Crippen LogP contribution in [0, 0.1) is 0 Å². The molecule has 0 aliphatic carbocycles. The minimum absolute atomic E-state index is 0.0652. The molecule has 1 amide bonds. The third-order valence-electron chi connectivity index (χ3n) is 3.46. The number of amides is 1. The monoisotopic (exact) mass is 334 g/mol. The molecule has 1 heterocycles. The van der Waals surface area contributed by atoms with E-state index in [4.69, 9.17) is 4.42 Å². The molecule has 0 saturated carbocycles. The molecule has 2 N–H and O–H groups in total. The van der Waals surface area contributed by atoms with E-state index in [1.54, 1.807) is 19.4 Å². The number of hydrogen-bond acceptors (Lipinski definition) is 3. The van der Waals surface area contributed by atoms with Crippen molar-refractivity contribution >= 4 is 17.7 Å². The Morgan fingerprint density at radius 1 is 1.04 bits per heavy atom. The van der Waals surface area contributed by atoms with E-state index in [1.165, 1.54) is 5.56 Å². The van der Waals surface area contributed by atoms with Crippen LogP contribution in [0.25, 0.3) is 6.08 Å². The summed E-state index contributed by atoms with van der Waals surface area (Å²) < 4.78 is 4.86. The fraction of sp³-hybridized carbons (Fsp3) is 0.0952. The molecule has 4 nitrogen and oxygen atoms in total. The van der Waals surface area contributed by atoms with E-state index in [2.05, 4.69) is 29.3 Å². The highest BCUT2D eigenvalue weighted by Crippen LogP contribution is 2.11. The molecule has 1 aromatic heterocycles. The zero-order chi connectivity index (χ0) is 17.9. The van der Waals surface area contributed by atoms with E-state index in [-0.39, 0.29) is 5.91 Å². The number of benzene rings is 2. The lowest BCUT2D eigenvalue weighted by Gasteiger charge is -2.07. The highest BCUT2D eigenvalue weighted by atomic mass is 16.3. The van der Waals surface area contributed by atoms with Crippen molar-refractivity contribution in [3.8, 4) is 0 Å². The molecule has 0 aliphatic rings. The molecule has 0 atom stereocenters. The third kappa shape index (κ3) is 6.03. The molecule has 0 aliphatic heterocycles. The molecule has 3 rings (SSSR count). The number of anilines is 1. The molecule has 0 saturated heterocycles. The van der Waals surface area contributed by atoms with Gasteiger partial charge in [-0.05, 0) is 48.0 Å². The lowest BCUT2D eigenvalue weighted by Crippen LogP contribution is -2.17. The van der Waals surface area contributed by atoms with Crippen LogP contribution in [0.4, 0.5) is 5.69 Å². The van der Waals surface area contributed by atoms with E-state index in [1.807, 2.05) is 54.6 Å². The maximum Gasteiger partial charge on any atom is 0.251 e. The first-order chi connectivity index (χ1) is 12.2. The number of carbonyl (C=O) groups is 1. The van der Waals surface area contributed by atoms with Crippen LogP contribution in [-0.4, -0.2) is 13.0 Å². The zero-order valence-electron chi connectivity index (χ0n) is 14.2. The average Bonchev–Trinajstić information content (AvgIpc) is 3.21. The number of hydrogen-bond donors (Lipinski definition) is 2. The van der Waals surface area contributed by atoms with Gasteiger partial charge in [0, 0.05) is 24.8 Å². The molecule has 4 heteroatoms. The average molecular weight is 334 g/mol. The summed E-state index contributed by atoms with van der Waals surface area (Å²) in [5.41, 5.74) is 2.90. The Morgan fingerprint density at radius 2 is 1.76 bits per heavy atom. The van der Waals surface area contributed by atoms with E-state index < -0.39 is 0 Å². The van der Waals surface area contributed by atoms with Gasteiger partial charge >= 0.3 is 0 Å². The van der Waals surface area contributed by atoms with Crippen molar-refractivity contribution in [1.82, 2.24) is 5.32 Å². The Morgan fingerprint density at radius 3 is 2.28 bits per heavy atom. The van der Waals surface area contributed by atoms with Crippen LogP contribution < -0.4 is 10.6 Å². The second kappa shape index (κ2) is 9.78. The van der Waals surface area contributed by atoms with E-state index in [9.17, 15) is 4.79 Å². The SMILES string of the molecule is C=Cc1ccco1.CNC(=O)c1ccc(NCc2ccccc2)cc1. The van der Waals surface area contributed by atoms with E-state index in [0.717, 1.165) is 18.0 Å². The van der Waals surface area contributed by atoms with Crippen LogP contribution in [0.5, 0.6) is 0 Å². The first-order valence-electron chi connectivity index (χ1n) is 7.99. The minimum atomic E-state index is -0.0652. The number of rotatable bonds is 5. The maximum absolute atomic E-state index is 11.4. The third-order valence-corrected chi connectivity index (χ3v) is 3.46. The van der Waals surface area contributed by atoms with Crippen LogP contribution >= 0.6 is 0 Å². The zero-order valence-corrected chi connectivity index (χ0v) is 14.2. The maximum atomic E-state index is 11.4. The molecule has 25 heavy (non-hydrogen) atoms. The van der Waals surface area contributed by atoms with Gasteiger partial charge in [0.05, 0.1) is 6.26 Å². The van der Waals surface area contributed by atoms with Gasteiger partial charge in [-0.15, -0.1) is 0 Å². The Hall–Kier alpha value is -3.27. The highest BCUT2D eigenvalue weighted by molar-refractivity contribution is 5.94. The molecular weight excluding hydrogens is 312 g/mol. The van der Waals surface area contributed by atoms with Crippen molar-refractivity contribution in [2.24, 2.45) is 0 Å². The van der Waals surface area contributed by atoms with Gasteiger partial charge in [0.1, 0.15) is 5.76 Å². The summed E-state index contributed by atoms with van der Waals surface area (Å²) in [7, 11) is 1.63. The molecule has 128 valence electrons. The van der Waals surface area contributed by atoms with Gasteiger partial charge in [-0.3, -0.25) is 4.79 Å². The molecule has 2 aromatic carbocycles. The first-order valence-corrected chi connectivity index (χ1v) is 7.99. The summed E-state index contributed by atoms with van der Waals surface area (Å²) in [6.07, 6.45) is 3.29. The van der Waals surface area contributed by atoms with Gasteiger partial charge in [0.25, 0.3) is 5.91 Å². The van der Waals surface area contributed by atoms with Gasteiger partial charge in [-0.2, -0.15) is 0 Å². The van der Waals surface area contributed by atoms with Crippen molar-refractivity contribution in [1.29, 1.82) is 0 Å². The second-order valence-corrected chi connectivity index (χ2v) is 5.22. The fourth-order valence-electron chi connectivity index (χ4n) is 2.09. The Labute approximate surface area is 148 Å². The normalized spacial score (nSPS) is 9.48. The van der Waals surface area contributed by atoms with Gasteiger partial charge in [0.2, 0.25) is 0 Å². The van der Waals surface area contributed by atoms with Gasteiger partial charge in [0.15, 0.2) is 0 Å². The Kier molecular flexibility index (Phi) is 7.07. The predicted molar refractivity (Wildman–Crippen MR) is 102 cm³/mol. The number of nitrogens with one attached hydrogen (secondary N) is 2. The summed E-state index contributed by atoms with van der Waals surface area (Å²) in [5.74, 6) is 0.754. The molecule has 0 spiro atoms. The summed E-state index contributed by atoms with van der Waals surface area (Å²) in [6.45, 7) is 4.29. The van der Waals surface area contributed by atoms with Crippen LogP contribution in [0.1, 0.15) is 21.7 Å². The molecule has 0 radical (unpaired) electrons. The van der Waals surface area contributed by atoms with Crippen LogP contribution in [0.2, 0.25) is 0 Å². The fourth-order valence-corrected chi connectivity index (χ4v) is 2.09. The quantitative estimate of drug-likeness (QED) is 0.718. The predicted octanol–water partition coefficient (Wildman–Crippen LogP) is 4.58. The summed E-state index contributed by atoms with van der Waals surface area (Å²) in [6, 6.07) is 21.3. The van der Waals surface area contributed by atoms with Crippen molar-refractivity contribution in [3.63, 3.8) is 0 Å². The topological polar surface area (TPSA) is 54.3 Å². The van der Waals surface area contributed by atoms with Crippen LogP contribution in [0.15, 0.2) is 84.0 Å². The number of carbonyl (C=O) groups excluding carboxylic acids is 1. The lowest BCUT2D eigenvalue weighted by molar-refractivity contribution is 0.0963.